The van der Waals surface area contributed by atoms with E-state index in [1.807, 2.05) is 37.3 Å². The first-order chi connectivity index (χ1) is 11.5. The molecule has 24 heavy (non-hydrogen) atoms. The van der Waals surface area contributed by atoms with Gasteiger partial charge in [-0.25, -0.2) is 0 Å². The Kier molecular flexibility index (Phi) is 6.49. The van der Waals surface area contributed by atoms with Crippen molar-refractivity contribution in [2.75, 3.05) is 11.9 Å². The largest absolute Gasteiger partial charge is 0.503 e. The molecule has 3 N–H and O–H groups in total. The number of aliphatic carboxylic acids is 1. The Morgan fingerprint density at radius 1 is 1.25 bits per heavy atom. The van der Waals surface area contributed by atoms with Crippen LogP contribution in [0.5, 0.6) is 11.5 Å². The van der Waals surface area contributed by atoms with Gasteiger partial charge in [-0.2, -0.15) is 0 Å². The molecule has 5 nitrogen and oxygen atoms in total. The number of hydrogen-bond donors (Lipinski definition) is 3. The first-order valence-electron chi connectivity index (χ1n) is 7.68. The van der Waals surface area contributed by atoms with Gasteiger partial charge >= 0.3 is 5.97 Å². The van der Waals surface area contributed by atoms with Crippen LogP contribution in [-0.2, 0) is 17.8 Å². The molecule has 0 saturated heterocycles. The van der Waals surface area contributed by atoms with E-state index in [0.29, 0.717) is 29.8 Å². The standard InChI is InChI=1S/C18H20BrNO4/c1-2-24-16-10-13(9-15(19)18(16)23)11-20-14-5-3-4-12(8-14)6-7-17(21)22/h3-5,8-10,20,23H,2,6-7,11H2,1H3,(H,21,22). The molecular formula is C18H20BrNO4. The highest BCUT2D eigenvalue weighted by Crippen LogP contribution is 2.35. The number of aryl methyl sites for hydroxylation is 1. The Bertz CT molecular complexity index is 718. The molecule has 6 heteroatoms. The van der Waals surface area contributed by atoms with Gasteiger partial charge in [0.25, 0.3) is 0 Å². The van der Waals surface area contributed by atoms with E-state index in [0.717, 1.165) is 16.8 Å². The summed E-state index contributed by atoms with van der Waals surface area (Å²) < 4.78 is 6.00. The smallest absolute Gasteiger partial charge is 0.303 e. The minimum atomic E-state index is -0.800. The van der Waals surface area contributed by atoms with Crippen molar-refractivity contribution in [3.05, 3.63) is 52.0 Å². The summed E-state index contributed by atoms with van der Waals surface area (Å²) in [5, 5.41) is 22.0. The van der Waals surface area contributed by atoms with E-state index in [1.165, 1.54) is 0 Å². The van der Waals surface area contributed by atoms with E-state index < -0.39 is 5.97 Å². The van der Waals surface area contributed by atoms with Crippen LogP contribution >= 0.6 is 15.9 Å². The monoisotopic (exact) mass is 393 g/mol. The quantitative estimate of drug-likeness (QED) is 0.626. The van der Waals surface area contributed by atoms with Gasteiger partial charge in [-0.05, 0) is 64.7 Å². The highest BCUT2D eigenvalue weighted by Gasteiger charge is 2.09. The highest BCUT2D eigenvalue weighted by atomic mass is 79.9. The zero-order chi connectivity index (χ0) is 17.5. The second kappa shape index (κ2) is 8.59. The van der Waals surface area contributed by atoms with Crippen LogP contribution in [0.2, 0.25) is 0 Å². The summed E-state index contributed by atoms with van der Waals surface area (Å²) in [6.07, 6.45) is 0.621. The maximum atomic E-state index is 10.7. The van der Waals surface area contributed by atoms with Crippen molar-refractivity contribution in [1.29, 1.82) is 0 Å². The van der Waals surface area contributed by atoms with Crippen molar-refractivity contribution in [2.24, 2.45) is 0 Å². The Labute approximate surface area is 149 Å². The van der Waals surface area contributed by atoms with Gasteiger partial charge in [-0.15, -0.1) is 0 Å². The van der Waals surface area contributed by atoms with Crippen LogP contribution in [0.25, 0.3) is 0 Å². The lowest BCUT2D eigenvalue weighted by Gasteiger charge is -2.12. The summed E-state index contributed by atoms with van der Waals surface area (Å²) in [4.78, 5) is 10.7. The molecule has 0 heterocycles. The maximum Gasteiger partial charge on any atom is 0.303 e. The van der Waals surface area contributed by atoms with Crippen molar-refractivity contribution >= 4 is 27.6 Å². The molecule has 2 rings (SSSR count). The summed E-state index contributed by atoms with van der Waals surface area (Å²) in [7, 11) is 0. The number of anilines is 1. The molecule has 2 aromatic carbocycles. The van der Waals surface area contributed by atoms with Crippen molar-refractivity contribution in [1.82, 2.24) is 0 Å². The van der Waals surface area contributed by atoms with Gasteiger partial charge in [-0.3, -0.25) is 4.79 Å². The summed E-state index contributed by atoms with van der Waals surface area (Å²) in [5.41, 5.74) is 2.85. The number of phenols is 1. The predicted octanol–water partition coefficient (Wildman–Crippen LogP) is 4.18. The van der Waals surface area contributed by atoms with Gasteiger partial charge in [0.2, 0.25) is 0 Å². The third-order valence-corrected chi connectivity index (χ3v) is 4.04. The lowest BCUT2D eigenvalue weighted by Crippen LogP contribution is -2.02. The van der Waals surface area contributed by atoms with Gasteiger partial charge in [0.05, 0.1) is 11.1 Å². The fourth-order valence-electron chi connectivity index (χ4n) is 2.29. The van der Waals surface area contributed by atoms with E-state index in [1.54, 1.807) is 6.07 Å². The van der Waals surface area contributed by atoms with Gasteiger partial charge in [0.1, 0.15) is 0 Å². The van der Waals surface area contributed by atoms with Crippen LogP contribution in [0, 0.1) is 0 Å². The van der Waals surface area contributed by atoms with Crippen LogP contribution in [-0.4, -0.2) is 22.8 Å². The summed E-state index contributed by atoms with van der Waals surface area (Å²) >= 11 is 3.33. The average molecular weight is 394 g/mol. The number of nitrogens with one attached hydrogen (secondary N) is 1. The van der Waals surface area contributed by atoms with Crippen molar-refractivity contribution < 1.29 is 19.7 Å². The minimum absolute atomic E-state index is 0.0938. The molecular weight excluding hydrogens is 374 g/mol. The fourth-order valence-corrected chi connectivity index (χ4v) is 2.78. The second-order valence-corrected chi connectivity index (χ2v) is 6.16. The normalized spacial score (nSPS) is 10.4. The predicted molar refractivity (Wildman–Crippen MR) is 96.7 cm³/mol. The zero-order valence-corrected chi connectivity index (χ0v) is 15.0. The molecule has 0 aliphatic rings. The third kappa shape index (κ3) is 5.16. The van der Waals surface area contributed by atoms with Crippen LogP contribution in [0.4, 0.5) is 5.69 Å². The van der Waals surface area contributed by atoms with Crippen LogP contribution in [0.3, 0.4) is 0 Å². The van der Waals surface area contributed by atoms with Crippen LogP contribution in [0.15, 0.2) is 40.9 Å². The molecule has 0 fully saturated rings. The zero-order valence-electron chi connectivity index (χ0n) is 13.4. The molecule has 2 aromatic rings. The van der Waals surface area contributed by atoms with Crippen molar-refractivity contribution in [3.8, 4) is 11.5 Å². The Morgan fingerprint density at radius 3 is 2.75 bits per heavy atom. The number of hydrogen-bond acceptors (Lipinski definition) is 4. The average Bonchev–Trinajstić information content (AvgIpc) is 2.56. The molecule has 0 radical (unpaired) electrons. The number of halogens is 1. The molecule has 0 saturated carbocycles. The van der Waals surface area contributed by atoms with Crippen LogP contribution in [0.1, 0.15) is 24.5 Å². The third-order valence-electron chi connectivity index (χ3n) is 3.44. The highest BCUT2D eigenvalue weighted by molar-refractivity contribution is 9.10. The summed E-state index contributed by atoms with van der Waals surface area (Å²) in [6, 6.07) is 11.3. The van der Waals surface area contributed by atoms with E-state index in [2.05, 4.69) is 21.2 Å². The first kappa shape index (κ1) is 18.1. The fraction of sp³-hybridized carbons (Fsp3) is 0.278. The molecule has 0 spiro atoms. The Hall–Kier alpha value is -2.21. The molecule has 0 unspecified atom stereocenters. The molecule has 128 valence electrons. The molecule has 0 bridgehead atoms. The van der Waals surface area contributed by atoms with Gasteiger partial charge in [-0.1, -0.05) is 12.1 Å². The lowest BCUT2D eigenvalue weighted by atomic mass is 10.1. The lowest BCUT2D eigenvalue weighted by molar-refractivity contribution is -0.136. The van der Waals surface area contributed by atoms with E-state index in [9.17, 15) is 9.90 Å². The number of carbonyl (C=O) groups is 1. The number of carboxylic acid groups (broad SMARTS) is 1. The molecule has 0 aliphatic carbocycles. The number of carboxylic acids is 1. The van der Waals surface area contributed by atoms with Gasteiger partial charge in [0.15, 0.2) is 11.5 Å². The minimum Gasteiger partial charge on any atom is -0.503 e. The topological polar surface area (TPSA) is 78.8 Å². The van der Waals surface area contributed by atoms with E-state index >= 15 is 0 Å². The molecule has 0 aromatic heterocycles. The molecule has 0 amide bonds. The van der Waals surface area contributed by atoms with Gasteiger partial charge in [0, 0.05) is 18.7 Å². The SMILES string of the molecule is CCOc1cc(CNc2cccc(CCC(=O)O)c2)cc(Br)c1O. The Balaban J connectivity index is 2.05. The number of benzene rings is 2. The number of ether oxygens (including phenoxy) is 1. The summed E-state index contributed by atoms with van der Waals surface area (Å²) in [6.45, 7) is 2.89. The number of aromatic hydroxyl groups is 1. The van der Waals surface area contributed by atoms with Crippen molar-refractivity contribution in [2.45, 2.75) is 26.3 Å². The van der Waals surface area contributed by atoms with Gasteiger partial charge < -0.3 is 20.3 Å². The van der Waals surface area contributed by atoms with Crippen molar-refractivity contribution in [3.63, 3.8) is 0 Å². The number of rotatable bonds is 8. The maximum absolute atomic E-state index is 10.7. The molecule has 0 atom stereocenters. The second-order valence-electron chi connectivity index (χ2n) is 5.31. The van der Waals surface area contributed by atoms with E-state index in [4.69, 9.17) is 9.84 Å². The number of phenolic OH excluding ortho intramolecular Hbond substituents is 1. The Morgan fingerprint density at radius 2 is 2.04 bits per heavy atom. The van der Waals surface area contributed by atoms with E-state index in [-0.39, 0.29) is 12.2 Å². The summed E-state index contributed by atoms with van der Waals surface area (Å²) in [5.74, 6) is -0.263. The molecule has 0 aliphatic heterocycles. The van der Waals surface area contributed by atoms with Crippen LogP contribution < -0.4 is 10.1 Å². The first-order valence-corrected chi connectivity index (χ1v) is 8.47.